The van der Waals surface area contributed by atoms with E-state index in [9.17, 15) is 4.79 Å². The first-order chi connectivity index (χ1) is 11.3. The van der Waals surface area contributed by atoms with Crippen LogP contribution in [0.4, 0.5) is 5.69 Å². The fourth-order valence-corrected chi connectivity index (χ4v) is 2.54. The van der Waals surface area contributed by atoms with Crippen LogP contribution in [0.15, 0.2) is 42.6 Å². The number of anilines is 1. The molecule has 2 aromatic rings. The van der Waals surface area contributed by atoms with Crippen LogP contribution in [0.1, 0.15) is 29.3 Å². The van der Waals surface area contributed by atoms with Gasteiger partial charge in [0.05, 0.1) is 13.2 Å². The highest BCUT2D eigenvalue weighted by Crippen LogP contribution is 2.19. The van der Waals surface area contributed by atoms with Gasteiger partial charge in [-0.05, 0) is 24.1 Å². The van der Waals surface area contributed by atoms with Crippen molar-refractivity contribution in [1.82, 2.24) is 4.98 Å². The minimum atomic E-state index is -0.166. The average molecular weight is 312 g/mol. The Bertz CT molecular complexity index is 681. The third-order valence-electron chi connectivity index (χ3n) is 3.82. The molecule has 0 radical (unpaired) electrons. The number of hydrogen-bond donors (Lipinski definition) is 1. The summed E-state index contributed by atoms with van der Waals surface area (Å²) in [5.74, 6) is 0.290. The Labute approximate surface area is 135 Å². The summed E-state index contributed by atoms with van der Waals surface area (Å²) in [4.78, 5) is 16.6. The van der Waals surface area contributed by atoms with E-state index in [4.69, 9.17) is 9.47 Å². The number of rotatable bonds is 5. The van der Waals surface area contributed by atoms with Crippen molar-refractivity contribution in [2.75, 3.05) is 18.5 Å². The van der Waals surface area contributed by atoms with Crippen molar-refractivity contribution in [3.05, 3.63) is 53.7 Å². The smallest absolute Gasteiger partial charge is 0.255 e. The molecule has 120 valence electrons. The van der Waals surface area contributed by atoms with E-state index in [1.807, 2.05) is 24.3 Å². The molecule has 5 heteroatoms. The molecule has 1 fully saturated rings. The molecule has 2 heterocycles. The number of amides is 1. The van der Waals surface area contributed by atoms with E-state index in [1.54, 1.807) is 18.3 Å². The van der Waals surface area contributed by atoms with Gasteiger partial charge in [0.15, 0.2) is 0 Å². The molecule has 0 spiro atoms. The molecule has 1 aliphatic rings. The monoisotopic (exact) mass is 312 g/mol. The number of aromatic nitrogens is 1. The summed E-state index contributed by atoms with van der Waals surface area (Å²) in [6.07, 6.45) is 3.32. The first kappa shape index (κ1) is 15.5. The van der Waals surface area contributed by atoms with Gasteiger partial charge in [0.1, 0.15) is 6.10 Å². The SMILES string of the molecule is CCc1ccccc1NC(=O)c1ccnc(OC2CCOC2)c1. The number of hydrogen-bond acceptors (Lipinski definition) is 4. The van der Waals surface area contributed by atoms with Crippen LogP contribution >= 0.6 is 0 Å². The Morgan fingerprint density at radius 2 is 2.26 bits per heavy atom. The Balaban J connectivity index is 1.71. The second kappa shape index (κ2) is 7.24. The third kappa shape index (κ3) is 3.87. The summed E-state index contributed by atoms with van der Waals surface area (Å²) >= 11 is 0. The Hall–Kier alpha value is -2.40. The topological polar surface area (TPSA) is 60.5 Å². The number of nitrogens with one attached hydrogen (secondary N) is 1. The Kier molecular flexibility index (Phi) is 4.88. The first-order valence-corrected chi connectivity index (χ1v) is 7.86. The maximum absolute atomic E-state index is 12.5. The van der Waals surface area contributed by atoms with Gasteiger partial charge >= 0.3 is 0 Å². The lowest BCUT2D eigenvalue weighted by molar-refractivity contribution is 0.102. The third-order valence-corrected chi connectivity index (χ3v) is 3.82. The number of pyridine rings is 1. The Morgan fingerprint density at radius 1 is 1.39 bits per heavy atom. The molecule has 5 nitrogen and oxygen atoms in total. The highest BCUT2D eigenvalue weighted by molar-refractivity contribution is 6.04. The molecule has 1 aliphatic heterocycles. The number of nitrogens with zero attached hydrogens (tertiary/aromatic N) is 1. The summed E-state index contributed by atoms with van der Waals surface area (Å²) in [6, 6.07) is 11.2. The van der Waals surface area contributed by atoms with Gasteiger partial charge in [0.25, 0.3) is 5.91 Å². The lowest BCUT2D eigenvalue weighted by Crippen LogP contribution is -2.17. The number of carbonyl (C=O) groups excluding carboxylic acids is 1. The van der Waals surface area contributed by atoms with E-state index in [-0.39, 0.29) is 12.0 Å². The molecule has 1 amide bonds. The van der Waals surface area contributed by atoms with Crippen molar-refractivity contribution in [2.45, 2.75) is 25.9 Å². The molecular weight excluding hydrogens is 292 g/mol. The van der Waals surface area contributed by atoms with E-state index in [2.05, 4.69) is 17.2 Å². The van der Waals surface area contributed by atoms with Crippen LogP contribution < -0.4 is 10.1 Å². The normalized spacial score (nSPS) is 17.0. The van der Waals surface area contributed by atoms with Crippen LogP contribution in [0, 0.1) is 0 Å². The second-order valence-electron chi connectivity index (χ2n) is 5.45. The number of aryl methyl sites for hydroxylation is 1. The Morgan fingerprint density at radius 3 is 3.04 bits per heavy atom. The largest absolute Gasteiger partial charge is 0.472 e. The minimum Gasteiger partial charge on any atom is -0.472 e. The molecular formula is C18H20N2O3. The van der Waals surface area contributed by atoms with Crippen LogP contribution in [0.2, 0.25) is 0 Å². The molecule has 1 aromatic heterocycles. The minimum absolute atomic E-state index is 0.0154. The number of ether oxygens (including phenoxy) is 2. The van der Waals surface area contributed by atoms with Gasteiger partial charge in [0, 0.05) is 29.9 Å². The molecule has 3 rings (SSSR count). The predicted octanol–water partition coefficient (Wildman–Crippen LogP) is 3.06. The van der Waals surface area contributed by atoms with Crippen LogP contribution in [0.5, 0.6) is 5.88 Å². The number of para-hydroxylation sites is 1. The molecule has 1 unspecified atom stereocenters. The second-order valence-corrected chi connectivity index (χ2v) is 5.45. The van der Waals surface area contributed by atoms with Crippen LogP contribution in [-0.4, -0.2) is 30.2 Å². The summed E-state index contributed by atoms with van der Waals surface area (Å²) in [6.45, 7) is 3.34. The van der Waals surface area contributed by atoms with Gasteiger partial charge in [-0.2, -0.15) is 0 Å². The molecule has 0 bridgehead atoms. The maximum atomic E-state index is 12.5. The molecule has 1 atom stereocenters. The maximum Gasteiger partial charge on any atom is 0.255 e. The summed E-state index contributed by atoms with van der Waals surface area (Å²) in [5, 5.41) is 2.95. The van der Waals surface area contributed by atoms with Crippen molar-refractivity contribution in [3.63, 3.8) is 0 Å². The van der Waals surface area contributed by atoms with Crippen LogP contribution in [-0.2, 0) is 11.2 Å². The summed E-state index contributed by atoms with van der Waals surface area (Å²) in [5.41, 5.74) is 2.47. The van der Waals surface area contributed by atoms with Crippen molar-refractivity contribution >= 4 is 11.6 Å². The van der Waals surface area contributed by atoms with E-state index < -0.39 is 0 Å². The van der Waals surface area contributed by atoms with E-state index >= 15 is 0 Å². The van der Waals surface area contributed by atoms with Gasteiger partial charge in [-0.1, -0.05) is 25.1 Å². The standard InChI is InChI=1S/C18H20N2O3/c1-2-13-5-3-4-6-16(13)20-18(21)14-7-9-19-17(11-14)23-15-8-10-22-12-15/h3-7,9,11,15H,2,8,10,12H2,1H3,(H,20,21). The molecule has 1 saturated heterocycles. The summed E-state index contributed by atoms with van der Waals surface area (Å²) in [7, 11) is 0. The van der Waals surface area contributed by atoms with Crippen molar-refractivity contribution in [2.24, 2.45) is 0 Å². The predicted molar refractivity (Wildman–Crippen MR) is 87.9 cm³/mol. The van der Waals surface area contributed by atoms with Gasteiger partial charge in [-0.25, -0.2) is 4.98 Å². The van der Waals surface area contributed by atoms with Crippen molar-refractivity contribution in [1.29, 1.82) is 0 Å². The highest BCUT2D eigenvalue weighted by Gasteiger charge is 2.18. The van der Waals surface area contributed by atoms with E-state index in [1.165, 1.54) is 0 Å². The zero-order valence-electron chi connectivity index (χ0n) is 13.1. The lowest BCUT2D eigenvalue weighted by Gasteiger charge is -2.12. The molecule has 0 saturated carbocycles. The fourth-order valence-electron chi connectivity index (χ4n) is 2.54. The first-order valence-electron chi connectivity index (χ1n) is 7.86. The van der Waals surface area contributed by atoms with Gasteiger partial charge < -0.3 is 14.8 Å². The molecule has 0 aliphatic carbocycles. The van der Waals surface area contributed by atoms with Gasteiger partial charge in [0.2, 0.25) is 5.88 Å². The molecule has 1 aromatic carbocycles. The zero-order chi connectivity index (χ0) is 16.1. The van der Waals surface area contributed by atoms with E-state index in [0.717, 1.165) is 24.1 Å². The van der Waals surface area contributed by atoms with E-state index in [0.29, 0.717) is 24.7 Å². The number of benzene rings is 1. The molecule has 1 N–H and O–H groups in total. The van der Waals surface area contributed by atoms with Gasteiger partial charge in [-0.15, -0.1) is 0 Å². The zero-order valence-corrected chi connectivity index (χ0v) is 13.1. The summed E-state index contributed by atoms with van der Waals surface area (Å²) < 4.78 is 11.0. The quantitative estimate of drug-likeness (QED) is 0.922. The highest BCUT2D eigenvalue weighted by atomic mass is 16.5. The van der Waals surface area contributed by atoms with Crippen LogP contribution in [0.3, 0.4) is 0 Å². The van der Waals surface area contributed by atoms with Gasteiger partial charge in [-0.3, -0.25) is 4.79 Å². The van der Waals surface area contributed by atoms with Crippen LogP contribution in [0.25, 0.3) is 0 Å². The van der Waals surface area contributed by atoms with Crippen molar-refractivity contribution in [3.8, 4) is 5.88 Å². The lowest BCUT2D eigenvalue weighted by atomic mass is 10.1. The fraction of sp³-hybridized carbons (Fsp3) is 0.333. The average Bonchev–Trinajstić information content (AvgIpc) is 3.08. The number of carbonyl (C=O) groups is 1. The van der Waals surface area contributed by atoms with Crippen molar-refractivity contribution < 1.29 is 14.3 Å². The molecule has 23 heavy (non-hydrogen) atoms.